The van der Waals surface area contributed by atoms with Gasteiger partial charge in [-0.1, -0.05) is 57.9 Å². The Hall–Kier alpha value is -0.520. The van der Waals surface area contributed by atoms with E-state index in [0.717, 1.165) is 5.92 Å². The number of hydrogen-bond acceptors (Lipinski definition) is 0. The molecule has 1 aliphatic carbocycles. The molecule has 1 aliphatic rings. The minimum absolute atomic E-state index is 0.325. The van der Waals surface area contributed by atoms with E-state index in [9.17, 15) is 0 Å². The molecule has 0 saturated carbocycles. The molecule has 0 fully saturated rings. The summed E-state index contributed by atoms with van der Waals surface area (Å²) in [5.41, 5.74) is 3.50. The Kier molecular flexibility index (Phi) is 3.58. The van der Waals surface area contributed by atoms with Crippen molar-refractivity contribution in [3.05, 3.63) is 23.3 Å². The van der Waals surface area contributed by atoms with Gasteiger partial charge in [0.2, 0.25) is 0 Å². The molecule has 0 nitrogen and oxygen atoms in total. The van der Waals surface area contributed by atoms with Gasteiger partial charge in [0.1, 0.15) is 0 Å². The van der Waals surface area contributed by atoms with Crippen molar-refractivity contribution < 1.29 is 0 Å². The van der Waals surface area contributed by atoms with E-state index in [1.54, 1.807) is 11.1 Å². The minimum Gasteiger partial charge on any atom is -0.0759 e. The van der Waals surface area contributed by atoms with E-state index in [0.29, 0.717) is 5.41 Å². The fourth-order valence-corrected chi connectivity index (χ4v) is 2.00. The first-order chi connectivity index (χ1) is 6.38. The van der Waals surface area contributed by atoms with Crippen LogP contribution < -0.4 is 0 Å². The molecular weight excluding hydrogens is 168 g/mol. The number of allylic oxidation sites excluding steroid dienone is 4. The molecule has 0 heterocycles. The maximum Gasteiger partial charge on any atom is -0.0197 e. The van der Waals surface area contributed by atoms with E-state index < -0.39 is 0 Å². The van der Waals surface area contributed by atoms with Gasteiger partial charge in [0.15, 0.2) is 0 Å². The highest BCUT2D eigenvalue weighted by atomic mass is 14.2. The minimum atomic E-state index is 0.325. The van der Waals surface area contributed by atoms with Crippen molar-refractivity contribution in [2.45, 2.75) is 53.9 Å². The van der Waals surface area contributed by atoms with Crippen LogP contribution in [0.3, 0.4) is 0 Å². The van der Waals surface area contributed by atoms with Crippen LogP contribution in [0.15, 0.2) is 23.3 Å². The largest absolute Gasteiger partial charge is 0.0759 e. The second kappa shape index (κ2) is 4.33. The van der Waals surface area contributed by atoms with Gasteiger partial charge in [0.05, 0.1) is 0 Å². The Morgan fingerprint density at radius 1 is 1.21 bits per heavy atom. The van der Waals surface area contributed by atoms with E-state index in [-0.39, 0.29) is 0 Å². The summed E-state index contributed by atoms with van der Waals surface area (Å²) in [5, 5.41) is 0. The van der Waals surface area contributed by atoms with Crippen molar-refractivity contribution in [1.82, 2.24) is 0 Å². The van der Waals surface area contributed by atoms with Crippen LogP contribution in [0.5, 0.6) is 0 Å². The van der Waals surface area contributed by atoms with Gasteiger partial charge in [-0.25, -0.2) is 0 Å². The summed E-state index contributed by atoms with van der Waals surface area (Å²) in [7, 11) is 0. The Bertz CT molecular complexity index is 246. The van der Waals surface area contributed by atoms with Gasteiger partial charge in [-0.05, 0) is 30.6 Å². The Balaban J connectivity index is 2.82. The molecule has 80 valence electrons. The lowest BCUT2D eigenvalue weighted by Gasteiger charge is -2.21. The van der Waals surface area contributed by atoms with E-state index in [1.165, 1.54) is 19.3 Å². The van der Waals surface area contributed by atoms with E-state index in [1.807, 2.05) is 0 Å². The summed E-state index contributed by atoms with van der Waals surface area (Å²) in [5.74, 6) is 0.721. The van der Waals surface area contributed by atoms with E-state index >= 15 is 0 Å². The van der Waals surface area contributed by atoms with Crippen molar-refractivity contribution in [3.63, 3.8) is 0 Å². The van der Waals surface area contributed by atoms with Crippen LogP contribution >= 0.6 is 0 Å². The third-order valence-electron chi connectivity index (χ3n) is 2.66. The van der Waals surface area contributed by atoms with Crippen LogP contribution in [0.2, 0.25) is 0 Å². The van der Waals surface area contributed by atoms with Crippen LogP contribution in [0.25, 0.3) is 0 Å². The van der Waals surface area contributed by atoms with Crippen LogP contribution in [0, 0.1) is 11.3 Å². The van der Waals surface area contributed by atoms with Crippen LogP contribution in [-0.4, -0.2) is 0 Å². The maximum absolute atomic E-state index is 2.43. The van der Waals surface area contributed by atoms with Crippen molar-refractivity contribution >= 4 is 0 Å². The second-order valence-electron chi connectivity index (χ2n) is 5.81. The van der Waals surface area contributed by atoms with Crippen molar-refractivity contribution in [3.8, 4) is 0 Å². The van der Waals surface area contributed by atoms with Crippen molar-refractivity contribution in [2.75, 3.05) is 0 Å². The summed E-state index contributed by atoms with van der Waals surface area (Å²) in [6, 6.07) is 0. The van der Waals surface area contributed by atoms with Gasteiger partial charge in [-0.15, -0.1) is 0 Å². The van der Waals surface area contributed by atoms with Gasteiger partial charge >= 0.3 is 0 Å². The first kappa shape index (κ1) is 11.6. The average molecular weight is 192 g/mol. The molecule has 0 amide bonds. The van der Waals surface area contributed by atoms with Crippen LogP contribution in [0.1, 0.15) is 53.9 Å². The number of hydrogen-bond donors (Lipinski definition) is 0. The molecule has 0 heteroatoms. The lowest BCUT2D eigenvalue weighted by atomic mass is 9.85. The molecular formula is C14H24. The molecule has 0 bridgehead atoms. The molecule has 0 spiro atoms. The van der Waals surface area contributed by atoms with E-state index in [2.05, 4.69) is 46.8 Å². The van der Waals surface area contributed by atoms with Gasteiger partial charge in [0, 0.05) is 0 Å². The zero-order valence-corrected chi connectivity index (χ0v) is 10.4. The lowest BCUT2D eigenvalue weighted by molar-refractivity contribution is 0.535. The molecule has 0 atom stereocenters. The SMILES string of the molecule is CC(C)C1=C/C(=C/C(C)(C)C)CCC1. The van der Waals surface area contributed by atoms with Crippen LogP contribution in [0.4, 0.5) is 0 Å². The first-order valence-corrected chi connectivity index (χ1v) is 5.81. The highest BCUT2D eigenvalue weighted by molar-refractivity contribution is 5.29. The molecule has 0 aromatic heterocycles. The molecule has 14 heavy (non-hydrogen) atoms. The van der Waals surface area contributed by atoms with Crippen LogP contribution in [-0.2, 0) is 0 Å². The highest BCUT2D eigenvalue weighted by Crippen LogP contribution is 2.30. The molecule has 1 rings (SSSR count). The first-order valence-electron chi connectivity index (χ1n) is 5.81. The summed E-state index contributed by atoms with van der Waals surface area (Å²) < 4.78 is 0. The highest BCUT2D eigenvalue weighted by Gasteiger charge is 2.13. The molecule has 0 saturated heterocycles. The zero-order chi connectivity index (χ0) is 10.8. The van der Waals surface area contributed by atoms with Crippen molar-refractivity contribution in [1.29, 1.82) is 0 Å². The normalized spacial score (nSPS) is 21.6. The Morgan fingerprint density at radius 3 is 2.36 bits per heavy atom. The van der Waals surface area contributed by atoms with Gasteiger partial charge in [-0.2, -0.15) is 0 Å². The molecule has 0 N–H and O–H groups in total. The topological polar surface area (TPSA) is 0 Å². The Morgan fingerprint density at radius 2 is 1.86 bits per heavy atom. The lowest BCUT2D eigenvalue weighted by Crippen LogP contribution is -2.05. The summed E-state index contributed by atoms with van der Waals surface area (Å²) >= 11 is 0. The maximum atomic E-state index is 2.43. The molecule has 0 aromatic rings. The summed E-state index contributed by atoms with van der Waals surface area (Å²) in [6.45, 7) is 11.4. The third-order valence-corrected chi connectivity index (χ3v) is 2.66. The van der Waals surface area contributed by atoms with E-state index in [4.69, 9.17) is 0 Å². The number of rotatable bonds is 1. The van der Waals surface area contributed by atoms with Gasteiger partial charge in [-0.3, -0.25) is 0 Å². The van der Waals surface area contributed by atoms with Gasteiger partial charge in [0.25, 0.3) is 0 Å². The predicted octanol–water partition coefficient (Wildman–Crippen LogP) is 4.73. The molecule has 0 unspecified atom stereocenters. The standard InChI is InChI=1S/C14H24/c1-11(2)13-8-6-7-12(9-13)10-14(3,4)5/h9-11H,6-8H2,1-5H3/b12-10+. The van der Waals surface area contributed by atoms with Crippen molar-refractivity contribution in [2.24, 2.45) is 11.3 Å². The average Bonchev–Trinajstić information content (AvgIpc) is 2.01. The Labute approximate surface area is 89.1 Å². The molecule has 0 radical (unpaired) electrons. The molecule has 0 aromatic carbocycles. The molecule has 0 aliphatic heterocycles. The fraction of sp³-hybridized carbons (Fsp3) is 0.714. The van der Waals surface area contributed by atoms with Gasteiger partial charge < -0.3 is 0 Å². The second-order valence-corrected chi connectivity index (χ2v) is 5.81. The summed E-state index contributed by atoms with van der Waals surface area (Å²) in [6.07, 6.45) is 8.77. The summed E-state index contributed by atoms with van der Waals surface area (Å²) in [4.78, 5) is 0. The monoisotopic (exact) mass is 192 g/mol. The predicted molar refractivity (Wildman–Crippen MR) is 64.3 cm³/mol. The zero-order valence-electron chi connectivity index (χ0n) is 10.4. The quantitative estimate of drug-likeness (QED) is 0.563. The smallest absolute Gasteiger partial charge is 0.0197 e. The fourth-order valence-electron chi connectivity index (χ4n) is 2.00. The third kappa shape index (κ3) is 3.69.